The van der Waals surface area contributed by atoms with E-state index in [1.165, 1.54) is 0 Å². The summed E-state index contributed by atoms with van der Waals surface area (Å²) in [5, 5.41) is 0. The standard InChI is InChI=1S/C12H19NO4/c1-14-8-10-9(6-7-17-13)11(15-2)4-5-12(10)16-3/h4-5H,6-8,13H2,1-3H3. The van der Waals surface area contributed by atoms with Crippen molar-refractivity contribution in [2.45, 2.75) is 13.0 Å². The van der Waals surface area contributed by atoms with Crippen molar-refractivity contribution in [3.05, 3.63) is 23.3 Å². The van der Waals surface area contributed by atoms with Crippen LogP contribution in [0.15, 0.2) is 12.1 Å². The van der Waals surface area contributed by atoms with Crippen LogP contribution in [0.25, 0.3) is 0 Å². The minimum atomic E-state index is 0.417. The monoisotopic (exact) mass is 241 g/mol. The largest absolute Gasteiger partial charge is 0.496 e. The Balaban J connectivity index is 3.15. The van der Waals surface area contributed by atoms with E-state index in [4.69, 9.17) is 20.1 Å². The van der Waals surface area contributed by atoms with Crippen molar-refractivity contribution in [3.8, 4) is 11.5 Å². The number of hydrogen-bond acceptors (Lipinski definition) is 5. The Morgan fingerprint density at radius 1 is 1.00 bits per heavy atom. The lowest BCUT2D eigenvalue weighted by atomic mass is 10.0. The smallest absolute Gasteiger partial charge is 0.124 e. The maximum atomic E-state index is 5.32. The summed E-state index contributed by atoms with van der Waals surface area (Å²) in [5.74, 6) is 6.62. The predicted molar refractivity (Wildman–Crippen MR) is 64.1 cm³/mol. The van der Waals surface area contributed by atoms with Gasteiger partial charge in [-0.2, -0.15) is 0 Å². The summed E-state index contributed by atoms with van der Waals surface area (Å²) in [7, 11) is 4.90. The molecule has 0 saturated heterocycles. The fourth-order valence-electron chi connectivity index (χ4n) is 1.77. The van der Waals surface area contributed by atoms with Crippen molar-refractivity contribution in [2.75, 3.05) is 27.9 Å². The molecule has 0 spiro atoms. The molecule has 0 fully saturated rings. The molecule has 17 heavy (non-hydrogen) atoms. The van der Waals surface area contributed by atoms with Gasteiger partial charge in [0, 0.05) is 24.7 Å². The second-order valence-corrected chi connectivity index (χ2v) is 3.48. The summed E-state index contributed by atoms with van der Waals surface area (Å²) >= 11 is 0. The third-order valence-electron chi connectivity index (χ3n) is 2.54. The Labute approximate surface area is 101 Å². The van der Waals surface area contributed by atoms with E-state index in [-0.39, 0.29) is 0 Å². The average molecular weight is 241 g/mol. The first-order chi connectivity index (χ1) is 8.28. The Kier molecular flexibility index (Phi) is 5.76. The van der Waals surface area contributed by atoms with Crippen molar-refractivity contribution in [1.82, 2.24) is 0 Å². The highest BCUT2D eigenvalue weighted by atomic mass is 16.6. The van der Waals surface area contributed by atoms with Crippen LogP contribution in [0.3, 0.4) is 0 Å². The summed E-state index contributed by atoms with van der Waals surface area (Å²) in [6, 6.07) is 3.73. The minimum Gasteiger partial charge on any atom is -0.496 e. The number of methoxy groups -OCH3 is 3. The molecule has 1 rings (SSSR count). The van der Waals surface area contributed by atoms with Gasteiger partial charge in [-0.1, -0.05) is 0 Å². The fraction of sp³-hybridized carbons (Fsp3) is 0.500. The van der Waals surface area contributed by atoms with Crippen LogP contribution < -0.4 is 15.4 Å². The van der Waals surface area contributed by atoms with E-state index >= 15 is 0 Å². The molecule has 0 aliphatic rings. The van der Waals surface area contributed by atoms with Gasteiger partial charge in [-0.05, 0) is 12.1 Å². The first kappa shape index (κ1) is 13.8. The van der Waals surface area contributed by atoms with Gasteiger partial charge < -0.3 is 19.0 Å². The van der Waals surface area contributed by atoms with Crippen LogP contribution in [-0.2, 0) is 22.6 Å². The number of rotatable bonds is 7. The van der Waals surface area contributed by atoms with Crippen molar-refractivity contribution >= 4 is 0 Å². The van der Waals surface area contributed by atoms with Crippen LogP contribution in [0, 0.1) is 0 Å². The second kappa shape index (κ2) is 7.11. The molecule has 0 atom stereocenters. The average Bonchev–Trinajstić information content (AvgIpc) is 2.37. The van der Waals surface area contributed by atoms with E-state index < -0.39 is 0 Å². The molecular formula is C12H19NO4. The maximum Gasteiger partial charge on any atom is 0.124 e. The Bertz CT molecular complexity index is 355. The zero-order valence-corrected chi connectivity index (χ0v) is 10.5. The molecule has 0 radical (unpaired) electrons. The lowest BCUT2D eigenvalue weighted by molar-refractivity contribution is 0.139. The Morgan fingerprint density at radius 2 is 1.59 bits per heavy atom. The molecule has 2 N–H and O–H groups in total. The first-order valence-corrected chi connectivity index (χ1v) is 5.31. The molecule has 0 saturated carbocycles. The van der Waals surface area contributed by atoms with Gasteiger partial charge in [0.15, 0.2) is 0 Å². The number of ether oxygens (including phenoxy) is 3. The van der Waals surface area contributed by atoms with Gasteiger partial charge in [0.05, 0.1) is 27.4 Å². The van der Waals surface area contributed by atoms with Crippen LogP contribution in [0.2, 0.25) is 0 Å². The van der Waals surface area contributed by atoms with Gasteiger partial charge in [-0.25, -0.2) is 5.90 Å². The maximum absolute atomic E-state index is 5.32. The Morgan fingerprint density at radius 3 is 2.06 bits per heavy atom. The minimum absolute atomic E-state index is 0.417. The molecule has 5 nitrogen and oxygen atoms in total. The molecule has 0 unspecified atom stereocenters. The third kappa shape index (κ3) is 3.33. The summed E-state index contributed by atoms with van der Waals surface area (Å²) in [5.41, 5.74) is 1.96. The highest BCUT2D eigenvalue weighted by Gasteiger charge is 2.14. The van der Waals surface area contributed by atoms with Crippen molar-refractivity contribution in [3.63, 3.8) is 0 Å². The number of hydrogen-bond donors (Lipinski definition) is 1. The van der Waals surface area contributed by atoms with Crippen LogP contribution in [-0.4, -0.2) is 27.9 Å². The fourth-order valence-corrected chi connectivity index (χ4v) is 1.77. The number of benzene rings is 1. The molecule has 0 heterocycles. The van der Waals surface area contributed by atoms with Crippen molar-refractivity contribution in [1.29, 1.82) is 0 Å². The Hall–Kier alpha value is -1.30. The predicted octanol–water partition coefficient (Wildman–Crippen LogP) is 1.28. The van der Waals surface area contributed by atoms with E-state index in [1.807, 2.05) is 12.1 Å². The van der Waals surface area contributed by atoms with E-state index in [0.29, 0.717) is 19.6 Å². The van der Waals surface area contributed by atoms with Gasteiger partial charge in [0.1, 0.15) is 11.5 Å². The van der Waals surface area contributed by atoms with Crippen LogP contribution in [0.5, 0.6) is 11.5 Å². The SMILES string of the molecule is COCc1c(OC)ccc(OC)c1CCON. The molecule has 0 aliphatic heterocycles. The molecule has 96 valence electrons. The van der Waals surface area contributed by atoms with E-state index in [1.54, 1.807) is 21.3 Å². The molecule has 1 aromatic rings. The van der Waals surface area contributed by atoms with Gasteiger partial charge in [0.25, 0.3) is 0 Å². The molecule has 5 heteroatoms. The molecule has 0 aliphatic carbocycles. The van der Waals surface area contributed by atoms with E-state index in [9.17, 15) is 0 Å². The van der Waals surface area contributed by atoms with Gasteiger partial charge in [-0.3, -0.25) is 0 Å². The highest BCUT2D eigenvalue weighted by molar-refractivity contribution is 5.48. The molecule has 0 bridgehead atoms. The van der Waals surface area contributed by atoms with Gasteiger partial charge in [0.2, 0.25) is 0 Å². The normalized spacial score (nSPS) is 10.4. The zero-order chi connectivity index (χ0) is 12.7. The van der Waals surface area contributed by atoms with Crippen LogP contribution in [0.4, 0.5) is 0 Å². The lowest BCUT2D eigenvalue weighted by Gasteiger charge is -2.16. The summed E-state index contributed by atoms with van der Waals surface area (Å²) < 4.78 is 15.8. The topological polar surface area (TPSA) is 62.9 Å². The first-order valence-electron chi connectivity index (χ1n) is 5.31. The third-order valence-corrected chi connectivity index (χ3v) is 2.54. The van der Waals surface area contributed by atoms with Crippen molar-refractivity contribution < 1.29 is 19.0 Å². The summed E-state index contributed by atoms with van der Waals surface area (Å²) in [6.45, 7) is 0.876. The molecular weight excluding hydrogens is 222 g/mol. The van der Waals surface area contributed by atoms with Crippen LogP contribution in [0.1, 0.15) is 11.1 Å². The number of nitrogens with two attached hydrogens (primary N) is 1. The summed E-state index contributed by atoms with van der Waals surface area (Å²) in [6.07, 6.45) is 0.648. The van der Waals surface area contributed by atoms with Crippen LogP contribution >= 0.6 is 0 Å². The summed E-state index contributed by atoms with van der Waals surface area (Å²) in [4.78, 5) is 4.61. The van der Waals surface area contributed by atoms with Crippen molar-refractivity contribution in [2.24, 2.45) is 5.90 Å². The van der Waals surface area contributed by atoms with Gasteiger partial charge in [-0.15, -0.1) is 0 Å². The lowest BCUT2D eigenvalue weighted by Crippen LogP contribution is -2.08. The second-order valence-electron chi connectivity index (χ2n) is 3.48. The molecule has 1 aromatic carbocycles. The highest BCUT2D eigenvalue weighted by Crippen LogP contribution is 2.31. The molecule has 0 aromatic heterocycles. The van der Waals surface area contributed by atoms with E-state index in [0.717, 1.165) is 22.6 Å². The molecule has 0 amide bonds. The van der Waals surface area contributed by atoms with E-state index in [2.05, 4.69) is 4.84 Å². The zero-order valence-electron chi connectivity index (χ0n) is 10.5. The quantitative estimate of drug-likeness (QED) is 0.729. The van der Waals surface area contributed by atoms with Gasteiger partial charge >= 0.3 is 0 Å².